The Morgan fingerprint density at radius 1 is 1.17 bits per heavy atom. The molecule has 1 aliphatic rings. The molecule has 29 heavy (non-hydrogen) atoms. The predicted octanol–water partition coefficient (Wildman–Crippen LogP) is 5.63. The third-order valence-electron chi connectivity index (χ3n) is 5.14. The highest BCUT2D eigenvalue weighted by Gasteiger charge is 2.18. The second-order valence-corrected chi connectivity index (χ2v) is 9.07. The molecular formula is C22H20N4OS2. The monoisotopic (exact) mass is 420 g/mol. The third-order valence-corrected chi connectivity index (χ3v) is 7.33. The molecule has 5 rings (SSSR count). The summed E-state index contributed by atoms with van der Waals surface area (Å²) in [7, 11) is 0. The second-order valence-electron chi connectivity index (χ2n) is 7.12. The van der Waals surface area contributed by atoms with E-state index in [0.29, 0.717) is 4.88 Å². The number of aryl methyl sites for hydroxylation is 2. The van der Waals surface area contributed by atoms with Gasteiger partial charge in [-0.1, -0.05) is 6.07 Å². The highest BCUT2D eigenvalue weighted by Crippen LogP contribution is 2.32. The van der Waals surface area contributed by atoms with Crippen molar-refractivity contribution < 1.29 is 4.79 Å². The summed E-state index contributed by atoms with van der Waals surface area (Å²) in [6.07, 6.45) is 5.53. The number of fused-ring (bicyclic) bond motifs is 1. The summed E-state index contributed by atoms with van der Waals surface area (Å²) in [6.45, 7) is 2.91. The first-order chi connectivity index (χ1) is 14.2. The quantitative estimate of drug-likeness (QED) is 0.465. The van der Waals surface area contributed by atoms with Crippen LogP contribution < -0.4 is 5.32 Å². The van der Waals surface area contributed by atoms with Crippen LogP contribution in [0.5, 0.6) is 0 Å². The normalized spacial score (nSPS) is 13.3. The van der Waals surface area contributed by atoms with Crippen LogP contribution in [0.2, 0.25) is 0 Å². The highest BCUT2D eigenvalue weighted by molar-refractivity contribution is 7.22. The topological polar surface area (TPSA) is 59.8 Å². The molecule has 0 aliphatic carbocycles. The average molecular weight is 421 g/mol. The number of carbonyl (C=O) groups excluding carboxylic acids is 1. The molecule has 1 aliphatic heterocycles. The number of aromatic nitrogens is 3. The summed E-state index contributed by atoms with van der Waals surface area (Å²) < 4.78 is 2.31. The molecule has 0 unspecified atom stereocenters. The van der Waals surface area contributed by atoms with Gasteiger partial charge < -0.3 is 9.88 Å². The first-order valence-electron chi connectivity index (χ1n) is 9.66. The Labute approximate surface area is 177 Å². The molecule has 0 saturated carbocycles. The molecule has 0 atom stereocenters. The van der Waals surface area contributed by atoms with Crippen LogP contribution in [0.4, 0.5) is 5.69 Å². The van der Waals surface area contributed by atoms with E-state index in [0.717, 1.165) is 45.6 Å². The van der Waals surface area contributed by atoms with Crippen LogP contribution in [0, 0.1) is 6.92 Å². The largest absolute Gasteiger partial charge is 0.328 e. The predicted molar refractivity (Wildman–Crippen MR) is 119 cm³/mol. The van der Waals surface area contributed by atoms with Gasteiger partial charge in [-0.2, -0.15) is 0 Å². The lowest BCUT2D eigenvalue weighted by molar-refractivity contribution is 0.103. The molecule has 4 heterocycles. The Morgan fingerprint density at radius 3 is 2.83 bits per heavy atom. The number of carbonyl (C=O) groups is 1. The maximum absolute atomic E-state index is 12.8. The number of thiazole rings is 1. The number of rotatable bonds is 4. The fourth-order valence-electron chi connectivity index (χ4n) is 3.67. The maximum atomic E-state index is 12.8. The van der Waals surface area contributed by atoms with Crippen LogP contribution in [0.15, 0.2) is 48.0 Å². The van der Waals surface area contributed by atoms with E-state index in [2.05, 4.69) is 19.9 Å². The second kappa shape index (κ2) is 7.57. The minimum Gasteiger partial charge on any atom is -0.328 e. The molecule has 0 bridgehead atoms. The maximum Gasteiger partial charge on any atom is 0.267 e. The van der Waals surface area contributed by atoms with E-state index in [1.54, 1.807) is 11.3 Å². The van der Waals surface area contributed by atoms with Crippen molar-refractivity contribution in [3.8, 4) is 21.3 Å². The van der Waals surface area contributed by atoms with E-state index < -0.39 is 0 Å². The van der Waals surface area contributed by atoms with Gasteiger partial charge in [-0.3, -0.25) is 4.79 Å². The Hall–Kier alpha value is -2.77. The fraction of sp³-hybridized carbons (Fsp3) is 0.227. The number of nitrogens with one attached hydrogen (secondary N) is 1. The zero-order valence-electron chi connectivity index (χ0n) is 16.0. The zero-order chi connectivity index (χ0) is 19.8. The van der Waals surface area contributed by atoms with Crippen LogP contribution >= 0.6 is 22.7 Å². The Balaban J connectivity index is 1.34. The lowest BCUT2D eigenvalue weighted by atomic mass is 10.1. The SMILES string of the molecule is Cc1nc(-c2cccs2)sc1C(=O)Nc1ccc(-c2ncc3n2CCCC3)cc1. The number of thiophene rings is 1. The minimum absolute atomic E-state index is 0.117. The van der Waals surface area contributed by atoms with E-state index in [-0.39, 0.29) is 5.91 Å². The van der Waals surface area contributed by atoms with Gasteiger partial charge in [0.1, 0.15) is 15.7 Å². The first-order valence-corrected chi connectivity index (χ1v) is 11.4. The molecular weight excluding hydrogens is 400 g/mol. The standard InChI is InChI=1S/C22H20N4OS2/c1-14-19(29-22(24-14)18-6-4-12-28-18)21(27)25-16-9-7-15(8-10-16)20-23-13-17-5-2-3-11-26(17)20/h4,6-10,12-13H,2-3,5,11H2,1H3,(H,25,27). The van der Waals surface area contributed by atoms with Crippen molar-refractivity contribution in [3.05, 3.63) is 64.2 Å². The molecule has 4 aromatic rings. The summed E-state index contributed by atoms with van der Waals surface area (Å²) in [5, 5.41) is 5.91. The van der Waals surface area contributed by atoms with Crippen LogP contribution in [-0.4, -0.2) is 20.4 Å². The number of imidazole rings is 1. The molecule has 0 saturated heterocycles. The summed E-state index contributed by atoms with van der Waals surface area (Å²) in [4.78, 5) is 23.7. The van der Waals surface area contributed by atoms with E-state index in [4.69, 9.17) is 0 Å². The zero-order valence-corrected chi connectivity index (χ0v) is 17.6. The molecule has 146 valence electrons. The summed E-state index contributed by atoms with van der Waals surface area (Å²) in [5.74, 6) is 0.894. The van der Waals surface area contributed by atoms with Crippen LogP contribution in [0.3, 0.4) is 0 Å². The minimum atomic E-state index is -0.117. The van der Waals surface area contributed by atoms with Crippen molar-refractivity contribution in [2.24, 2.45) is 0 Å². The van der Waals surface area contributed by atoms with E-state index in [9.17, 15) is 4.79 Å². The van der Waals surface area contributed by atoms with Crippen molar-refractivity contribution in [3.63, 3.8) is 0 Å². The van der Waals surface area contributed by atoms with Gasteiger partial charge in [-0.05, 0) is 61.9 Å². The van der Waals surface area contributed by atoms with Gasteiger partial charge in [0.05, 0.1) is 10.6 Å². The van der Waals surface area contributed by atoms with Crippen molar-refractivity contribution in [1.29, 1.82) is 0 Å². The Bertz CT molecular complexity index is 1160. The van der Waals surface area contributed by atoms with Gasteiger partial charge in [-0.25, -0.2) is 9.97 Å². The van der Waals surface area contributed by atoms with Gasteiger partial charge in [0, 0.05) is 29.7 Å². The van der Waals surface area contributed by atoms with Crippen LogP contribution in [-0.2, 0) is 13.0 Å². The number of amides is 1. The van der Waals surface area contributed by atoms with Gasteiger partial charge in [0.2, 0.25) is 0 Å². The van der Waals surface area contributed by atoms with Gasteiger partial charge in [0.25, 0.3) is 5.91 Å². The number of hydrogen-bond acceptors (Lipinski definition) is 5. The lowest BCUT2D eigenvalue weighted by Crippen LogP contribution is -2.12. The average Bonchev–Trinajstić information content (AvgIpc) is 3.48. The van der Waals surface area contributed by atoms with Crippen LogP contribution in [0.25, 0.3) is 21.3 Å². The van der Waals surface area contributed by atoms with E-state index >= 15 is 0 Å². The highest BCUT2D eigenvalue weighted by atomic mass is 32.1. The lowest BCUT2D eigenvalue weighted by Gasteiger charge is -2.16. The summed E-state index contributed by atoms with van der Waals surface area (Å²) >= 11 is 3.07. The molecule has 3 aromatic heterocycles. The first kappa shape index (κ1) is 18.3. The molecule has 1 aromatic carbocycles. The molecule has 0 fully saturated rings. The molecule has 7 heteroatoms. The molecule has 1 amide bonds. The molecule has 0 radical (unpaired) electrons. The van der Waals surface area contributed by atoms with Gasteiger partial charge in [-0.15, -0.1) is 22.7 Å². The Kier molecular flexibility index (Phi) is 4.77. The van der Waals surface area contributed by atoms with Crippen molar-refractivity contribution in [1.82, 2.24) is 14.5 Å². The van der Waals surface area contributed by atoms with E-state index in [1.165, 1.54) is 29.9 Å². The fourth-order valence-corrected chi connectivity index (χ4v) is 5.43. The van der Waals surface area contributed by atoms with Crippen LogP contribution in [0.1, 0.15) is 33.9 Å². The molecule has 1 N–H and O–H groups in total. The van der Waals surface area contributed by atoms with Crippen molar-refractivity contribution in [2.45, 2.75) is 32.7 Å². The Morgan fingerprint density at radius 2 is 2.03 bits per heavy atom. The third kappa shape index (κ3) is 3.52. The van der Waals surface area contributed by atoms with Gasteiger partial charge in [0.15, 0.2) is 0 Å². The van der Waals surface area contributed by atoms with Crippen molar-refractivity contribution >= 4 is 34.3 Å². The number of anilines is 1. The summed E-state index contributed by atoms with van der Waals surface area (Å²) in [6, 6.07) is 11.9. The number of hydrogen-bond donors (Lipinski definition) is 1. The molecule has 0 spiro atoms. The number of nitrogens with zero attached hydrogens (tertiary/aromatic N) is 3. The molecule has 5 nitrogen and oxygen atoms in total. The number of benzene rings is 1. The van der Waals surface area contributed by atoms with E-state index in [1.807, 2.05) is 54.9 Å². The summed E-state index contributed by atoms with van der Waals surface area (Å²) in [5.41, 5.74) is 3.92. The van der Waals surface area contributed by atoms with Crippen molar-refractivity contribution in [2.75, 3.05) is 5.32 Å². The van der Waals surface area contributed by atoms with Gasteiger partial charge >= 0.3 is 0 Å². The smallest absolute Gasteiger partial charge is 0.267 e.